The number of non-ortho nitro benzene ring substituents is 1. The molecule has 0 heterocycles. The lowest BCUT2D eigenvalue weighted by molar-refractivity contribution is -0.384. The Bertz CT molecular complexity index is 434. The number of nitro groups is 1. The predicted molar refractivity (Wildman–Crippen MR) is 79.4 cm³/mol. The van der Waals surface area contributed by atoms with Gasteiger partial charge in [-0.05, 0) is 17.9 Å². The molecule has 0 spiro atoms. The third-order valence-corrected chi connectivity index (χ3v) is 2.73. The third kappa shape index (κ3) is 4.43. The largest absolute Gasteiger partial charge is 0.397 e. The fourth-order valence-electron chi connectivity index (χ4n) is 2.10. The maximum absolute atomic E-state index is 10.7. The Morgan fingerprint density at radius 2 is 1.74 bits per heavy atom. The van der Waals surface area contributed by atoms with Gasteiger partial charge in [-0.3, -0.25) is 10.1 Å². The summed E-state index contributed by atoms with van der Waals surface area (Å²) in [6.07, 6.45) is 0. The van der Waals surface area contributed by atoms with Gasteiger partial charge in [0.15, 0.2) is 0 Å². The molecule has 0 bridgehead atoms. The van der Waals surface area contributed by atoms with E-state index in [2.05, 4.69) is 32.6 Å². The summed E-state index contributed by atoms with van der Waals surface area (Å²) in [6, 6.07) is 4.69. The summed E-state index contributed by atoms with van der Waals surface area (Å²) in [4.78, 5) is 12.5. The van der Waals surface area contributed by atoms with E-state index < -0.39 is 4.92 Å². The zero-order chi connectivity index (χ0) is 14.6. The summed E-state index contributed by atoms with van der Waals surface area (Å²) in [7, 11) is 0. The number of nitrogen functional groups attached to an aromatic ring is 1. The highest BCUT2D eigenvalue weighted by molar-refractivity contribution is 5.70. The molecule has 0 saturated carbocycles. The van der Waals surface area contributed by atoms with Crippen molar-refractivity contribution in [2.75, 3.05) is 23.7 Å². The molecule has 0 fully saturated rings. The van der Waals surface area contributed by atoms with Gasteiger partial charge in [-0.25, -0.2) is 0 Å². The van der Waals surface area contributed by atoms with Crippen LogP contribution in [0, 0.1) is 22.0 Å². The molecular weight excluding hydrogens is 242 g/mol. The molecule has 5 nitrogen and oxygen atoms in total. The number of nitrogens with zero attached hydrogens (tertiary/aromatic N) is 2. The van der Waals surface area contributed by atoms with Gasteiger partial charge in [-0.2, -0.15) is 0 Å². The van der Waals surface area contributed by atoms with E-state index in [-0.39, 0.29) is 5.69 Å². The van der Waals surface area contributed by atoms with Crippen molar-refractivity contribution in [3.63, 3.8) is 0 Å². The number of nitro benzene ring substituents is 1. The normalized spacial score (nSPS) is 11.1. The maximum Gasteiger partial charge on any atom is 0.271 e. The summed E-state index contributed by atoms with van der Waals surface area (Å²) < 4.78 is 0. The highest BCUT2D eigenvalue weighted by Gasteiger charge is 2.16. The summed E-state index contributed by atoms with van der Waals surface area (Å²) in [5, 5.41) is 10.7. The van der Waals surface area contributed by atoms with Crippen molar-refractivity contribution < 1.29 is 4.92 Å². The van der Waals surface area contributed by atoms with Gasteiger partial charge in [0.05, 0.1) is 16.3 Å². The van der Waals surface area contributed by atoms with Crippen molar-refractivity contribution >= 4 is 17.1 Å². The molecule has 1 aromatic rings. The van der Waals surface area contributed by atoms with E-state index in [1.807, 2.05) is 0 Å². The van der Waals surface area contributed by atoms with E-state index >= 15 is 0 Å². The van der Waals surface area contributed by atoms with Crippen LogP contribution in [0.15, 0.2) is 18.2 Å². The molecule has 0 atom stereocenters. The number of rotatable bonds is 6. The van der Waals surface area contributed by atoms with Crippen LogP contribution in [0.4, 0.5) is 17.1 Å². The Morgan fingerprint density at radius 1 is 1.21 bits per heavy atom. The van der Waals surface area contributed by atoms with E-state index in [1.54, 1.807) is 6.07 Å². The zero-order valence-electron chi connectivity index (χ0n) is 12.1. The molecular formula is C14H23N3O2. The van der Waals surface area contributed by atoms with Crippen LogP contribution >= 0.6 is 0 Å². The smallest absolute Gasteiger partial charge is 0.271 e. The summed E-state index contributed by atoms with van der Waals surface area (Å²) >= 11 is 0. The first-order valence-corrected chi connectivity index (χ1v) is 6.60. The lowest BCUT2D eigenvalue weighted by atomic mass is 10.1. The van der Waals surface area contributed by atoms with E-state index in [9.17, 15) is 10.1 Å². The van der Waals surface area contributed by atoms with Gasteiger partial charge in [0.25, 0.3) is 5.69 Å². The van der Waals surface area contributed by atoms with Crippen molar-refractivity contribution in [3.05, 3.63) is 28.3 Å². The number of hydrogen-bond acceptors (Lipinski definition) is 4. The maximum atomic E-state index is 10.7. The van der Waals surface area contributed by atoms with Crippen LogP contribution < -0.4 is 10.6 Å². The molecule has 0 amide bonds. The molecule has 1 aromatic carbocycles. The Hall–Kier alpha value is -1.78. The van der Waals surface area contributed by atoms with E-state index in [0.717, 1.165) is 18.8 Å². The average Bonchev–Trinajstić information content (AvgIpc) is 2.26. The summed E-state index contributed by atoms with van der Waals surface area (Å²) in [5.41, 5.74) is 7.35. The highest BCUT2D eigenvalue weighted by atomic mass is 16.6. The topological polar surface area (TPSA) is 72.4 Å². The standard InChI is InChI=1S/C14H23N3O2/c1-10(2)8-16(9-11(3)4)14-6-5-12(17(18)19)7-13(14)15/h5-7,10-11H,8-9,15H2,1-4H3. The molecule has 106 valence electrons. The monoisotopic (exact) mass is 265 g/mol. The van der Waals surface area contributed by atoms with Gasteiger partial charge in [0.1, 0.15) is 0 Å². The van der Waals surface area contributed by atoms with Crippen molar-refractivity contribution in [2.45, 2.75) is 27.7 Å². The van der Waals surface area contributed by atoms with Crippen LogP contribution in [0.1, 0.15) is 27.7 Å². The van der Waals surface area contributed by atoms with Crippen molar-refractivity contribution in [1.29, 1.82) is 0 Å². The number of nitrogens with two attached hydrogens (primary N) is 1. The Kier molecular flexibility index (Phi) is 5.15. The van der Waals surface area contributed by atoms with Gasteiger partial charge < -0.3 is 10.6 Å². The second kappa shape index (κ2) is 6.41. The second-order valence-electron chi connectivity index (χ2n) is 5.69. The van der Waals surface area contributed by atoms with Crippen LogP contribution in [-0.4, -0.2) is 18.0 Å². The van der Waals surface area contributed by atoms with Crippen LogP contribution in [0.25, 0.3) is 0 Å². The lowest BCUT2D eigenvalue weighted by Crippen LogP contribution is -2.31. The molecule has 0 aliphatic rings. The predicted octanol–water partition coefficient (Wildman–Crippen LogP) is 3.30. The van der Waals surface area contributed by atoms with Gasteiger partial charge in [-0.1, -0.05) is 27.7 Å². The SMILES string of the molecule is CC(C)CN(CC(C)C)c1ccc([N+](=O)[O-])cc1N. The fourth-order valence-corrected chi connectivity index (χ4v) is 2.10. The molecule has 0 saturated heterocycles. The van der Waals surface area contributed by atoms with Gasteiger partial charge in [0, 0.05) is 25.2 Å². The van der Waals surface area contributed by atoms with Crippen LogP contribution in [0.5, 0.6) is 0 Å². The number of anilines is 2. The minimum atomic E-state index is -0.421. The van der Waals surface area contributed by atoms with Gasteiger partial charge in [-0.15, -0.1) is 0 Å². The van der Waals surface area contributed by atoms with Gasteiger partial charge >= 0.3 is 0 Å². The first-order valence-electron chi connectivity index (χ1n) is 6.60. The molecule has 0 radical (unpaired) electrons. The van der Waals surface area contributed by atoms with E-state index in [0.29, 0.717) is 17.5 Å². The van der Waals surface area contributed by atoms with Crippen LogP contribution in [0.3, 0.4) is 0 Å². The molecule has 0 aromatic heterocycles. The van der Waals surface area contributed by atoms with Crippen LogP contribution in [-0.2, 0) is 0 Å². The average molecular weight is 265 g/mol. The quantitative estimate of drug-likeness (QED) is 0.486. The third-order valence-electron chi connectivity index (χ3n) is 2.73. The highest BCUT2D eigenvalue weighted by Crippen LogP contribution is 2.28. The molecule has 0 aliphatic carbocycles. The first kappa shape index (κ1) is 15.3. The van der Waals surface area contributed by atoms with Crippen LogP contribution in [0.2, 0.25) is 0 Å². The Morgan fingerprint density at radius 3 is 2.11 bits per heavy atom. The van der Waals surface area contributed by atoms with Gasteiger partial charge in [0.2, 0.25) is 0 Å². The van der Waals surface area contributed by atoms with Crippen molar-refractivity contribution in [2.24, 2.45) is 11.8 Å². The number of benzene rings is 1. The molecule has 5 heteroatoms. The molecule has 0 aliphatic heterocycles. The second-order valence-corrected chi connectivity index (χ2v) is 5.69. The van der Waals surface area contributed by atoms with Crippen molar-refractivity contribution in [1.82, 2.24) is 0 Å². The molecule has 0 unspecified atom stereocenters. The minimum absolute atomic E-state index is 0.0373. The lowest BCUT2D eigenvalue weighted by Gasteiger charge is -2.29. The summed E-state index contributed by atoms with van der Waals surface area (Å²) in [5.74, 6) is 1.02. The Labute approximate surface area is 114 Å². The molecule has 1 rings (SSSR count). The molecule has 19 heavy (non-hydrogen) atoms. The molecule has 2 N–H and O–H groups in total. The zero-order valence-corrected chi connectivity index (χ0v) is 12.1. The Balaban J connectivity index is 3.04. The van der Waals surface area contributed by atoms with Crippen molar-refractivity contribution in [3.8, 4) is 0 Å². The first-order chi connectivity index (χ1) is 8.81. The summed E-state index contributed by atoms with van der Waals surface area (Å²) in [6.45, 7) is 10.4. The van der Waals surface area contributed by atoms with E-state index in [1.165, 1.54) is 12.1 Å². The minimum Gasteiger partial charge on any atom is -0.397 e. The van der Waals surface area contributed by atoms with E-state index in [4.69, 9.17) is 5.73 Å². The fraction of sp³-hybridized carbons (Fsp3) is 0.571. The number of hydrogen-bond donors (Lipinski definition) is 1.